The van der Waals surface area contributed by atoms with Crippen molar-refractivity contribution in [1.29, 1.82) is 0 Å². The molecule has 1 atom stereocenters. The molecule has 0 saturated heterocycles. The zero-order valence-electron chi connectivity index (χ0n) is 12.7. The van der Waals surface area contributed by atoms with Gasteiger partial charge in [0.1, 0.15) is 0 Å². The zero-order chi connectivity index (χ0) is 16.2. The fraction of sp³-hybridized carbons (Fsp3) is 0.467. The van der Waals surface area contributed by atoms with E-state index in [4.69, 9.17) is 11.6 Å². The summed E-state index contributed by atoms with van der Waals surface area (Å²) in [6, 6.07) is 5.03. The normalized spacial score (nSPS) is 13.7. The van der Waals surface area contributed by atoms with E-state index in [0.29, 0.717) is 10.7 Å². The molecule has 0 aliphatic heterocycles. The number of carbonyl (C=O) groups is 2. The monoisotopic (exact) mass is 312 g/mol. The van der Waals surface area contributed by atoms with Crippen LogP contribution in [0.15, 0.2) is 18.2 Å². The molecule has 0 spiro atoms. The molecule has 3 N–H and O–H groups in total. The fourth-order valence-electron chi connectivity index (χ4n) is 1.45. The van der Waals surface area contributed by atoms with Gasteiger partial charge in [-0.1, -0.05) is 31.5 Å². The van der Waals surface area contributed by atoms with E-state index in [-0.39, 0.29) is 12.5 Å². The van der Waals surface area contributed by atoms with Crippen LogP contribution in [0, 0.1) is 12.8 Å². The third kappa shape index (κ3) is 5.02. The van der Waals surface area contributed by atoms with Crippen LogP contribution in [0.4, 0.5) is 5.69 Å². The van der Waals surface area contributed by atoms with Crippen LogP contribution < -0.4 is 10.6 Å². The van der Waals surface area contributed by atoms with Crippen molar-refractivity contribution in [3.63, 3.8) is 0 Å². The zero-order valence-corrected chi connectivity index (χ0v) is 13.4. The minimum Gasteiger partial charge on any atom is -0.388 e. The second kappa shape index (κ2) is 6.91. The second-order valence-electron chi connectivity index (χ2n) is 5.61. The second-order valence-corrected chi connectivity index (χ2v) is 6.04. The van der Waals surface area contributed by atoms with Crippen LogP contribution >= 0.6 is 11.6 Å². The number of aliphatic hydroxyl groups is 1. The number of halogens is 1. The minimum absolute atomic E-state index is 0.00540. The number of aryl methyl sites for hydroxylation is 1. The molecular weight excluding hydrogens is 292 g/mol. The first-order chi connectivity index (χ1) is 9.63. The van der Waals surface area contributed by atoms with E-state index in [2.05, 4.69) is 10.6 Å². The lowest BCUT2D eigenvalue weighted by Crippen LogP contribution is -2.47. The molecule has 1 unspecified atom stereocenters. The summed E-state index contributed by atoms with van der Waals surface area (Å²) in [6.45, 7) is 7.08. The Labute approximate surface area is 129 Å². The summed E-state index contributed by atoms with van der Waals surface area (Å²) in [6.07, 6.45) is 0. The van der Waals surface area contributed by atoms with Crippen LogP contribution in [0.5, 0.6) is 0 Å². The van der Waals surface area contributed by atoms with Gasteiger partial charge in [0.2, 0.25) is 0 Å². The van der Waals surface area contributed by atoms with Gasteiger partial charge in [-0.2, -0.15) is 0 Å². The van der Waals surface area contributed by atoms with Crippen molar-refractivity contribution >= 4 is 29.1 Å². The van der Waals surface area contributed by atoms with Gasteiger partial charge in [0.15, 0.2) is 0 Å². The predicted octanol–water partition coefficient (Wildman–Crippen LogP) is 2.11. The average molecular weight is 313 g/mol. The molecule has 0 fully saturated rings. The van der Waals surface area contributed by atoms with Crippen LogP contribution in [-0.4, -0.2) is 29.1 Å². The summed E-state index contributed by atoms with van der Waals surface area (Å²) in [7, 11) is 0. The molecule has 1 aromatic carbocycles. The minimum atomic E-state index is -1.07. The Balaban J connectivity index is 2.64. The first-order valence-corrected chi connectivity index (χ1v) is 7.09. The van der Waals surface area contributed by atoms with Gasteiger partial charge < -0.3 is 15.7 Å². The summed E-state index contributed by atoms with van der Waals surface area (Å²) >= 11 is 5.85. The van der Waals surface area contributed by atoms with Crippen molar-refractivity contribution in [3.8, 4) is 0 Å². The smallest absolute Gasteiger partial charge is 0.313 e. The van der Waals surface area contributed by atoms with Gasteiger partial charge in [0.25, 0.3) is 0 Å². The van der Waals surface area contributed by atoms with Crippen LogP contribution in [0.3, 0.4) is 0 Å². The highest BCUT2D eigenvalue weighted by molar-refractivity contribution is 6.40. The Hall–Kier alpha value is -1.59. The van der Waals surface area contributed by atoms with E-state index in [1.54, 1.807) is 32.0 Å². The molecule has 0 bridgehead atoms. The highest BCUT2D eigenvalue weighted by Gasteiger charge is 2.26. The fourth-order valence-corrected chi connectivity index (χ4v) is 1.62. The van der Waals surface area contributed by atoms with Crippen molar-refractivity contribution in [1.82, 2.24) is 5.32 Å². The van der Waals surface area contributed by atoms with E-state index in [1.165, 1.54) is 0 Å². The molecule has 0 saturated carbocycles. The number of amides is 2. The highest BCUT2D eigenvalue weighted by Crippen LogP contribution is 2.20. The molecule has 0 aliphatic carbocycles. The van der Waals surface area contributed by atoms with Crippen molar-refractivity contribution in [2.45, 2.75) is 33.3 Å². The van der Waals surface area contributed by atoms with Crippen molar-refractivity contribution < 1.29 is 14.7 Å². The SMILES string of the molecule is Cc1ccc(Cl)cc1NC(=O)C(=O)NCC(C)(O)C(C)C. The molecule has 5 nitrogen and oxygen atoms in total. The lowest BCUT2D eigenvalue weighted by atomic mass is 9.92. The molecule has 21 heavy (non-hydrogen) atoms. The molecular formula is C15H21ClN2O3. The third-order valence-electron chi connectivity index (χ3n) is 3.50. The van der Waals surface area contributed by atoms with E-state index in [9.17, 15) is 14.7 Å². The van der Waals surface area contributed by atoms with E-state index >= 15 is 0 Å². The molecule has 0 heterocycles. The van der Waals surface area contributed by atoms with E-state index < -0.39 is 17.4 Å². The van der Waals surface area contributed by atoms with Gasteiger partial charge >= 0.3 is 11.8 Å². The Morgan fingerprint density at radius 3 is 2.52 bits per heavy atom. The maximum absolute atomic E-state index is 11.8. The Morgan fingerprint density at radius 2 is 1.95 bits per heavy atom. The summed E-state index contributed by atoms with van der Waals surface area (Å²) in [5.74, 6) is -1.63. The largest absolute Gasteiger partial charge is 0.388 e. The van der Waals surface area contributed by atoms with Gasteiger partial charge in [-0.25, -0.2) is 0 Å². The van der Waals surface area contributed by atoms with Gasteiger partial charge in [0, 0.05) is 17.3 Å². The lowest BCUT2D eigenvalue weighted by molar-refractivity contribution is -0.137. The Bertz CT molecular complexity index is 542. The van der Waals surface area contributed by atoms with Crippen LogP contribution in [0.2, 0.25) is 5.02 Å². The molecule has 0 radical (unpaired) electrons. The van der Waals surface area contributed by atoms with Gasteiger partial charge in [-0.3, -0.25) is 9.59 Å². The molecule has 0 aliphatic rings. The first-order valence-electron chi connectivity index (χ1n) is 6.71. The average Bonchev–Trinajstić information content (AvgIpc) is 2.40. The lowest BCUT2D eigenvalue weighted by Gasteiger charge is -2.27. The van der Waals surface area contributed by atoms with Crippen LogP contribution in [0.25, 0.3) is 0 Å². The molecule has 2 amide bonds. The molecule has 6 heteroatoms. The molecule has 1 rings (SSSR count). The quantitative estimate of drug-likeness (QED) is 0.745. The van der Waals surface area contributed by atoms with E-state index in [0.717, 1.165) is 5.56 Å². The Kier molecular flexibility index (Phi) is 5.75. The molecule has 116 valence electrons. The summed E-state index contributed by atoms with van der Waals surface area (Å²) in [4.78, 5) is 23.6. The van der Waals surface area contributed by atoms with Crippen molar-refractivity contribution in [3.05, 3.63) is 28.8 Å². The number of anilines is 1. The maximum Gasteiger partial charge on any atom is 0.313 e. The summed E-state index contributed by atoms with van der Waals surface area (Å²) in [5, 5.41) is 15.4. The van der Waals surface area contributed by atoms with Crippen molar-refractivity contribution in [2.24, 2.45) is 5.92 Å². The van der Waals surface area contributed by atoms with E-state index in [1.807, 2.05) is 13.8 Å². The standard InChI is InChI=1S/C15H21ClN2O3/c1-9(2)15(4,21)8-17-13(19)14(20)18-12-7-11(16)6-5-10(12)3/h5-7,9,21H,8H2,1-4H3,(H,17,19)(H,18,20). The summed E-state index contributed by atoms with van der Waals surface area (Å²) < 4.78 is 0. The number of hydrogen-bond acceptors (Lipinski definition) is 3. The molecule has 1 aromatic rings. The highest BCUT2D eigenvalue weighted by atomic mass is 35.5. The maximum atomic E-state index is 11.8. The molecule has 0 aromatic heterocycles. The number of rotatable bonds is 4. The van der Waals surface area contributed by atoms with Crippen LogP contribution in [-0.2, 0) is 9.59 Å². The van der Waals surface area contributed by atoms with Gasteiger partial charge in [-0.15, -0.1) is 0 Å². The predicted molar refractivity (Wildman–Crippen MR) is 83.3 cm³/mol. The van der Waals surface area contributed by atoms with Crippen LogP contribution in [0.1, 0.15) is 26.3 Å². The van der Waals surface area contributed by atoms with Gasteiger partial charge in [0.05, 0.1) is 5.60 Å². The first kappa shape index (κ1) is 17.5. The summed E-state index contributed by atoms with van der Waals surface area (Å²) in [5.41, 5.74) is 0.218. The topological polar surface area (TPSA) is 78.4 Å². The number of benzene rings is 1. The number of carbonyl (C=O) groups excluding carboxylic acids is 2. The number of nitrogens with one attached hydrogen (secondary N) is 2. The van der Waals surface area contributed by atoms with Gasteiger partial charge in [-0.05, 0) is 37.5 Å². The third-order valence-corrected chi connectivity index (χ3v) is 3.74. The number of hydrogen-bond donors (Lipinski definition) is 3. The Morgan fingerprint density at radius 1 is 1.33 bits per heavy atom. The van der Waals surface area contributed by atoms with Crippen molar-refractivity contribution in [2.75, 3.05) is 11.9 Å².